The lowest BCUT2D eigenvalue weighted by atomic mass is 9.94. The minimum absolute atomic E-state index is 0.604. The van der Waals surface area contributed by atoms with Gasteiger partial charge in [0.2, 0.25) is 0 Å². The van der Waals surface area contributed by atoms with Crippen LogP contribution in [-0.2, 0) is 6.42 Å². The molecule has 2 rings (SSSR count). The smallest absolute Gasteiger partial charge is 0.131 e. The predicted molar refractivity (Wildman–Crippen MR) is 76.9 cm³/mol. The standard InChI is InChI=1S/C15H25N3/c1-11-4-5-13(3)18(10-11)15-12(2)8-14(6-7-16)9-17-15/h8-9,11,13H,4-7,10,16H2,1-3H3. The van der Waals surface area contributed by atoms with Crippen molar-refractivity contribution in [3.63, 3.8) is 0 Å². The topological polar surface area (TPSA) is 42.1 Å². The summed E-state index contributed by atoms with van der Waals surface area (Å²) in [5.74, 6) is 1.93. The molecule has 1 aliphatic rings. The van der Waals surface area contributed by atoms with Gasteiger partial charge in [-0.2, -0.15) is 0 Å². The molecule has 2 N–H and O–H groups in total. The molecule has 1 aromatic rings. The maximum atomic E-state index is 5.59. The van der Waals surface area contributed by atoms with Crippen molar-refractivity contribution in [3.8, 4) is 0 Å². The quantitative estimate of drug-likeness (QED) is 0.892. The second kappa shape index (κ2) is 5.70. The molecule has 3 nitrogen and oxygen atoms in total. The van der Waals surface area contributed by atoms with Crippen molar-refractivity contribution in [2.24, 2.45) is 11.7 Å². The molecular formula is C15H25N3. The zero-order valence-electron chi connectivity index (χ0n) is 11.8. The first-order chi connectivity index (χ1) is 8.61. The Morgan fingerprint density at radius 1 is 1.39 bits per heavy atom. The first-order valence-electron chi connectivity index (χ1n) is 7.04. The van der Waals surface area contributed by atoms with Crippen LogP contribution in [0.2, 0.25) is 0 Å². The summed E-state index contributed by atoms with van der Waals surface area (Å²) in [6.45, 7) is 8.62. The largest absolute Gasteiger partial charge is 0.353 e. The third-order valence-corrected chi connectivity index (χ3v) is 3.93. The summed E-state index contributed by atoms with van der Waals surface area (Å²) in [7, 11) is 0. The van der Waals surface area contributed by atoms with E-state index in [0.29, 0.717) is 12.6 Å². The van der Waals surface area contributed by atoms with Gasteiger partial charge in [0.25, 0.3) is 0 Å². The maximum absolute atomic E-state index is 5.59. The molecule has 1 aliphatic heterocycles. The van der Waals surface area contributed by atoms with Crippen molar-refractivity contribution in [3.05, 3.63) is 23.4 Å². The molecule has 0 aliphatic carbocycles. The normalized spacial score (nSPS) is 24.3. The van der Waals surface area contributed by atoms with E-state index in [0.717, 1.165) is 24.7 Å². The van der Waals surface area contributed by atoms with Gasteiger partial charge in [0.15, 0.2) is 0 Å². The molecule has 0 spiro atoms. The molecule has 0 bridgehead atoms. The van der Waals surface area contributed by atoms with Gasteiger partial charge in [-0.05, 0) is 56.7 Å². The zero-order chi connectivity index (χ0) is 13.1. The molecule has 2 unspecified atom stereocenters. The Balaban J connectivity index is 2.21. The number of piperidine rings is 1. The molecular weight excluding hydrogens is 222 g/mol. The number of nitrogens with zero attached hydrogens (tertiary/aromatic N) is 2. The molecule has 1 saturated heterocycles. The lowest BCUT2D eigenvalue weighted by Gasteiger charge is -2.38. The van der Waals surface area contributed by atoms with E-state index in [2.05, 4.69) is 36.7 Å². The van der Waals surface area contributed by atoms with Crippen LogP contribution in [0.5, 0.6) is 0 Å². The summed E-state index contributed by atoms with van der Waals surface area (Å²) in [6.07, 6.45) is 5.51. The molecule has 0 aromatic carbocycles. The molecule has 2 atom stereocenters. The third-order valence-electron chi connectivity index (χ3n) is 3.93. The third kappa shape index (κ3) is 2.83. The van der Waals surface area contributed by atoms with E-state index in [1.165, 1.54) is 24.0 Å². The van der Waals surface area contributed by atoms with Crippen molar-refractivity contribution in [2.45, 2.75) is 46.1 Å². The zero-order valence-corrected chi connectivity index (χ0v) is 11.8. The molecule has 0 radical (unpaired) electrons. The van der Waals surface area contributed by atoms with Gasteiger partial charge >= 0.3 is 0 Å². The van der Waals surface area contributed by atoms with Gasteiger partial charge in [-0.15, -0.1) is 0 Å². The SMILES string of the molecule is Cc1cc(CCN)cnc1N1CC(C)CCC1C. The molecule has 1 fully saturated rings. The first-order valence-corrected chi connectivity index (χ1v) is 7.04. The van der Waals surface area contributed by atoms with E-state index in [-0.39, 0.29) is 0 Å². The average Bonchev–Trinajstić information content (AvgIpc) is 2.33. The maximum Gasteiger partial charge on any atom is 0.131 e. The molecule has 0 saturated carbocycles. The summed E-state index contributed by atoms with van der Waals surface area (Å²) < 4.78 is 0. The van der Waals surface area contributed by atoms with E-state index < -0.39 is 0 Å². The van der Waals surface area contributed by atoms with Crippen LogP contribution >= 0.6 is 0 Å². The first kappa shape index (κ1) is 13.3. The van der Waals surface area contributed by atoms with Crippen molar-refractivity contribution >= 4 is 5.82 Å². The predicted octanol–water partition coefficient (Wildman–Crippen LogP) is 2.52. The van der Waals surface area contributed by atoms with Crippen molar-refractivity contribution in [2.75, 3.05) is 18.0 Å². The molecule has 100 valence electrons. The highest BCUT2D eigenvalue weighted by Gasteiger charge is 2.24. The average molecular weight is 247 g/mol. The number of anilines is 1. The lowest BCUT2D eigenvalue weighted by Crippen LogP contribution is -2.42. The van der Waals surface area contributed by atoms with Crippen LogP contribution in [-0.4, -0.2) is 24.1 Å². The Kier molecular flexibility index (Phi) is 4.23. The van der Waals surface area contributed by atoms with Crippen LogP contribution in [0.1, 0.15) is 37.8 Å². The van der Waals surface area contributed by atoms with Crippen molar-refractivity contribution in [1.82, 2.24) is 4.98 Å². The van der Waals surface area contributed by atoms with Crippen LogP contribution in [0, 0.1) is 12.8 Å². The second-order valence-electron chi connectivity index (χ2n) is 5.71. The van der Waals surface area contributed by atoms with Gasteiger partial charge in [-0.25, -0.2) is 4.98 Å². The monoisotopic (exact) mass is 247 g/mol. The van der Waals surface area contributed by atoms with Crippen LogP contribution in [0.3, 0.4) is 0 Å². The van der Waals surface area contributed by atoms with Crippen molar-refractivity contribution in [1.29, 1.82) is 0 Å². The number of pyridine rings is 1. The number of rotatable bonds is 3. The van der Waals surface area contributed by atoms with Gasteiger partial charge in [-0.3, -0.25) is 0 Å². The number of nitrogens with two attached hydrogens (primary N) is 1. The summed E-state index contributed by atoms with van der Waals surface area (Å²) >= 11 is 0. The van der Waals surface area contributed by atoms with Gasteiger partial charge in [0.05, 0.1) is 0 Å². The fourth-order valence-electron chi connectivity index (χ4n) is 2.81. The van der Waals surface area contributed by atoms with Gasteiger partial charge in [-0.1, -0.05) is 13.0 Å². The number of aryl methyl sites for hydroxylation is 1. The number of hydrogen-bond donors (Lipinski definition) is 1. The van der Waals surface area contributed by atoms with E-state index in [4.69, 9.17) is 5.73 Å². The molecule has 1 aromatic heterocycles. The van der Waals surface area contributed by atoms with E-state index in [1.54, 1.807) is 0 Å². The second-order valence-corrected chi connectivity index (χ2v) is 5.71. The summed E-state index contributed by atoms with van der Waals surface area (Å²) in [6, 6.07) is 2.84. The Labute approximate surface area is 110 Å². The molecule has 2 heterocycles. The summed E-state index contributed by atoms with van der Waals surface area (Å²) in [5, 5.41) is 0. The highest BCUT2D eigenvalue weighted by Crippen LogP contribution is 2.28. The van der Waals surface area contributed by atoms with Crippen molar-refractivity contribution < 1.29 is 0 Å². The van der Waals surface area contributed by atoms with E-state index in [1.807, 2.05) is 6.20 Å². The van der Waals surface area contributed by atoms with Crippen LogP contribution in [0.4, 0.5) is 5.82 Å². The van der Waals surface area contributed by atoms with Gasteiger partial charge in [0.1, 0.15) is 5.82 Å². The van der Waals surface area contributed by atoms with Gasteiger partial charge in [0, 0.05) is 18.8 Å². The number of hydrogen-bond acceptors (Lipinski definition) is 3. The fourth-order valence-corrected chi connectivity index (χ4v) is 2.81. The minimum Gasteiger partial charge on any atom is -0.353 e. The molecule has 3 heteroatoms. The molecule has 0 amide bonds. The van der Waals surface area contributed by atoms with Crippen LogP contribution in [0.15, 0.2) is 12.3 Å². The van der Waals surface area contributed by atoms with E-state index in [9.17, 15) is 0 Å². The Hall–Kier alpha value is -1.09. The lowest BCUT2D eigenvalue weighted by molar-refractivity contribution is 0.387. The van der Waals surface area contributed by atoms with Gasteiger partial charge < -0.3 is 10.6 Å². The van der Waals surface area contributed by atoms with Crippen LogP contribution < -0.4 is 10.6 Å². The van der Waals surface area contributed by atoms with Crippen LogP contribution in [0.25, 0.3) is 0 Å². The molecule has 18 heavy (non-hydrogen) atoms. The Morgan fingerprint density at radius 2 is 2.17 bits per heavy atom. The summed E-state index contributed by atoms with van der Waals surface area (Å²) in [5.41, 5.74) is 8.12. The van der Waals surface area contributed by atoms with E-state index >= 15 is 0 Å². The number of aromatic nitrogens is 1. The highest BCUT2D eigenvalue weighted by molar-refractivity contribution is 5.48. The summed E-state index contributed by atoms with van der Waals surface area (Å²) in [4.78, 5) is 7.14. The Morgan fingerprint density at radius 3 is 2.83 bits per heavy atom. The Bertz CT molecular complexity index is 403. The fraction of sp³-hybridized carbons (Fsp3) is 0.667. The minimum atomic E-state index is 0.604. The highest BCUT2D eigenvalue weighted by atomic mass is 15.2.